The predicted octanol–water partition coefficient (Wildman–Crippen LogP) is 3.25. The lowest BCUT2D eigenvalue weighted by Gasteiger charge is -2.23. The van der Waals surface area contributed by atoms with Crippen molar-refractivity contribution < 1.29 is 9.53 Å². The van der Waals surface area contributed by atoms with Gasteiger partial charge in [-0.25, -0.2) is 4.79 Å². The first kappa shape index (κ1) is 17.3. The first-order chi connectivity index (χ1) is 11.1. The van der Waals surface area contributed by atoms with Crippen LogP contribution in [0.15, 0.2) is 36.4 Å². The maximum absolute atomic E-state index is 12.1. The van der Waals surface area contributed by atoms with Crippen LogP contribution in [-0.2, 0) is 0 Å². The Balaban J connectivity index is 1.86. The van der Waals surface area contributed by atoms with Crippen LogP contribution in [0.5, 0.6) is 5.75 Å². The molecule has 1 saturated heterocycles. The second-order valence-corrected chi connectivity index (χ2v) is 6.00. The van der Waals surface area contributed by atoms with Crippen LogP contribution in [0, 0.1) is 0 Å². The Morgan fingerprint density at radius 3 is 2.96 bits per heavy atom. The molecule has 1 aromatic carbocycles. The fourth-order valence-corrected chi connectivity index (χ4v) is 2.82. The smallest absolute Gasteiger partial charge is 0.319 e. The average molecular weight is 317 g/mol. The van der Waals surface area contributed by atoms with Crippen molar-refractivity contribution in [2.45, 2.75) is 32.7 Å². The van der Waals surface area contributed by atoms with Crippen molar-refractivity contribution in [1.29, 1.82) is 0 Å². The van der Waals surface area contributed by atoms with E-state index in [2.05, 4.69) is 29.0 Å². The highest BCUT2D eigenvalue weighted by Crippen LogP contribution is 2.24. The van der Waals surface area contributed by atoms with Crippen molar-refractivity contribution in [3.05, 3.63) is 36.4 Å². The zero-order valence-corrected chi connectivity index (χ0v) is 14.1. The Labute approximate surface area is 138 Å². The van der Waals surface area contributed by atoms with Gasteiger partial charge in [-0.3, -0.25) is 4.90 Å². The highest BCUT2D eigenvalue weighted by molar-refractivity contribution is 5.90. The zero-order valence-electron chi connectivity index (χ0n) is 14.1. The number of hydrogen-bond acceptors (Lipinski definition) is 3. The monoisotopic (exact) mass is 317 g/mol. The number of anilines is 1. The summed E-state index contributed by atoms with van der Waals surface area (Å²) in [4.78, 5) is 14.5. The standard InChI is InChI=1S/C18H27N3O2/c1-4-21-11-7-8-15(21)12-19-18(22)20-16-9-5-6-10-17(16)23-13-14(2)3/h5-6,9-10,15H,2,4,7-8,11-13H2,1,3H3,(H2,19,20,22)/t15-/m0/s1. The second-order valence-electron chi connectivity index (χ2n) is 6.00. The molecule has 0 bridgehead atoms. The average Bonchev–Trinajstić information content (AvgIpc) is 2.99. The minimum absolute atomic E-state index is 0.195. The third-order valence-corrected chi connectivity index (χ3v) is 4.01. The number of hydrogen-bond donors (Lipinski definition) is 2. The molecule has 0 unspecified atom stereocenters. The molecule has 5 heteroatoms. The number of benzene rings is 1. The molecular formula is C18H27N3O2. The van der Waals surface area contributed by atoms with E-state index in [9.17, 15) is 4.79 Å². The van der Waals surface area contributed by atoms with Crippen LogP contribution in [0.3, 0.4) is 0 Å². The van der Waals surface area contributed by atoms with Gasteiger partial charge < -0.3 is 15.4 Å². The lowest BCUT2D eigenvalue weighted by Crippen LogP contribution is -2.41. The van der Waals surface area contributed by atoms with Crippen molar-refractivity contribution in [2.24, 2.45) is 0 Å². The van der Waals surface area contributed by atoms with E-state index in [0.29, 0.717) is 30.6 Å². The van der Waals surface area contributed by atoms with Crippen LogP contribution in [0.4, 0.5) is 10.5 Å². The molecule has 1 aromatic rings. The predicted molar refractivity (Wildman–Crippen MR) is 94.0 cm³/mol. The van der Waals surface area contributed by atoms with Gasteiger partial charge in [0.05, 0.1) is 5.69 Å². The Hall–Kier alpha value is -2.01. The van der Waals surface area contributed by atoms with Crippen molar-refractivity contribution in [3.63, 3.8) is 0 Å². The quantitative estimate of drug-likeness (QED) is 0.759. The third kappa shape index (κ3) is 5.28. The van der Waals surface area contributed by atoms with Gasteiger partial charge in [0.15, 0.2) is 0 Å². The van der Waals surface area contributed by atoms with Crippen molar-refractivity contribution in [2.75, 3.05) is 31.6 Å². The van der Waals surface area contributed by atoms with Gasteiger partial charge in [-0.05, 0) is 50.6 Å². The first-order valence-corrected chi connectivity index (χ1v) is 8.25. The molecule has 0 aromatic heterocycles. The summed E-state index contributed by atoms with van der Waals surface area (Å²) in [6, 6.07) is 7.68. The summed E-state index contributed by atoms with van der Waals surface area (Å²) in [5.74, 6) is 0.654. The molecular weight excluding hydrogens is 290 g/mol. The van der Waals surface area contributed by atoms with E-state index in [1.165, 1.54) is 6.42 Å². The molecule has 0 saturated carbocycles. The second kappa shape index (κ2) is 8.58. The molecule has 1 atom stereocenters. The Morgan fingerprint density at radius 1 is 1.43 bits per heavy atom. The summed E-state index contributed by atoms with van der Waals surface area (Å²) in [5, 5.41) is 5.83. The molecule has 1 fully saturated rings. The van der Waals surface area contributed by atoms with E-state index >= 15 is 0 Å². The number of amides is 2. The summed E-state index contributed by atoms with van der Waals surface area (Å²) < 4.78 is 5.66. The van der Waals surface area contributed by atoms with Gasteiger partial charge in [-0.15, -0.1) is 0 Å². The van der Waals surface area contributed by atoms with Crippen molar-refractivity contribution in [3.8, 4) is 5.75 Å². The number of rotatable bonds is 7. The number of urea groups is 1. The summed E-state index contributed by atoms with van der Waals surface area (Å²) in [7, 11) is 0. The summed E-state index contributed by atoms with van der Waals surface area (Å²) >= 11 is 0. The molecule has 1 aliphatic rings. The van der Waals surface area contributed by atoms with Gasteiger partial charge in [0.25, 0.3) is 0 Å². The minimum Gasteiger partial charge on any atom is -0.487 e. The number of likely N-dealkylation sites (N-methyl/N-ethyl adjacent to an activating group) is 1. The largest absolute Gasteiger partial charge is 0.487 e. The molecule has 0 radical (unpaired) electrons. The van der Waals surface area contributed by atoms with E-state index in [1.54, 1.807) is 0 Å². The maximum Gasteiger partial charge on any atom is 0.319 e. The van der Waals surface area contributed by atoms with Crippen LogP contribution >= 0.6 is 0 Å². The van der Waals surface area contributed by atoms with E-state index in [-0.39, 0.29) is 6.03 Å². The maximum atomic E-state index is 12.1. The number of ether oxygens (including phenoxy) is 1. The molecule has 2 N–H and O–H groups in total. The number of carbonyl (C=O) groups is 1. The Kier molecular flexibility index (Phi) is 6.47. The van der Waals surface area contributed by atoms with E-state index in [1.807, 2.05) is 31.2 Å². The van der Waals surface area contributed by atoms with Gasteiger partial charge in [0, 0.05) is 12.6 Å². The molecule has 0 aliphatic carbocycles. The number of carbonyl (C=O) groups excluding carboxylic acids is 1. The van der Waals surface area contributed by atoms with E-state index < -0.39 is 0 Å². The molecule has 1 aliphatic heterocycles. The van der Waals surface area contributed by atoms with E-state index in [0.717, 1.165) is 25.1 Å². The minimum atomic E-state index is -0.195. The topological polar surface area (TPSA) is 53.6 Å². The number of para-hydroxylation sites is 2. The van der Waals surface area contributed by atoms with Gasteiger partial charge in [0.1, 0.15) is 12.4 Å². The molecule has 126 valence electrons. The Bertz CT molecular complexity index is 545. The summed E-state index contributed by atoms with van der Waals surface area (Å²) in [5.41, 5.74) is 1.61. The highest BCUT2D eigenvalue weighted by atomic mass is 16.5. The first-order valence-electron chi connectivity index (χ1n) is 8.25. The number of nitrogens with one attached hydrogen (secondary N) is 2. The molecule has 2 amide bonds. The fourth-order valence-electron chi connectivity index (χ4n) is 2.82. The fraction of sp³-hybridized carbons (Fsp3) is 0.500. The van der Waals surface area contributed by atoms with Crippen molar-refractivity contribution >= 4 is 11.7 Å². The lowest BCUT2D eigenvalue weighted by molar-refractivity contribution is 0.238. The lowest BCUT2D eigenvalue weighted by atomic mass is 10.2. The van der Waals surface area contributed by atoms with Gasteiger partial charge >= 0.3 is 6.03 Å². The number of nitrogens with zero attached hydrogens (tertiary/aromatic N) is 1. The zero-order chi connectivity index (χ0) is 16.7. The summed E-state index contributed by atoms with van der Waals surface area (Å²) in [6.07, 6.45) is 2.35. The molecule has 1 heterocycles. The Morgan fingerprint density at radius 2 is 2.22 bits per heavy atom. The number of likely N-dealkylation sites (tertiary alicyclic amines) is 1. The normalized spacial score (nSPS) is 17.7. The van der Waals surface area contributed by atoms with Crippen molar-refractivity contribution in [1.82, 2.24) is 10.2 Å². The van der Waals surface area contributed by atoms with Gasteiger partial charge in [-0.2, -0.15) is 0 Å². The molecule has 23 heavy (non-hydrogen) atoms. The SMILES string of the molecule is C=C(C)COc1ccccc1NC(=O)NC[C@@H]1CCCN1CC. The molecule has 0 spiro atoms. The molecule has 2 rings (SSSR count). The van der Waals surface area contributed by atoms with Crippen LogP contribution < -0.4 is 15.4 Å². The van der Waals surface area contributed by atoms with Crippen LogP contribution in [-0.4, -0.2) is 43.2 Å². The molecule has 5 nitrogen and oxygen atoms in total. The van der Waals surface area contributed by atoms with Crippen LogP contribution in [0.2, 0.25) is 0 Å². The van der Waals surface area contributed by atoms with E-state index in [4.69, 9.17) is 4.74 Å². The highest BCUT2D eigenvalue weighted by Gasteiger charge is 2.23. The third-order valence-electron chi connectivity index (χ3n) is 4.01. The van der Waals surface area contributed by atoms with Gasteiger partial charge in [0.2, 0.25) is 0 Å². The van der Waals surface area contributed by atoms with Crippen LogP contribution in [0.1, 0.15) is 26.7 Å². The summed E-state index contributed by atoms with van der Waals surface area (Å²) in [6.45, 7) is 11.2. The van der Waals surface area contributed by atoms with Gasteiger partial charge in [-0.1, -0.05) is 25.6 Å². The van der Waals surface area contributed by atoms with Crippen LogP contribution in [0.25, 0.3) is 0 Å².